The van der Waals surface area contributed by atoms with Crippen LogP contribution in [0.4, 0.5) is 5.69 Å². The summed E-state index contributed by atoms with van der Waals surface area (Å²) in [5.41, 5.74) is 3.31. The van der Waals surface area contributed by atoms with Crippen LogP contribution in [-0.2, 0) is 11.3 Å². The van der Waals surface area contributed by atoms with Gasteiger partial charge in [0.1, 0.15) is 17.0 Å². The van der Waals surface area contributed by atoms with Crippen molar-refractivity contribution in [2.24, 2.45) is 0 Å². The summed E-state index contributed by atoms with van der Waals surface area (Å²) >= 11 is 0. The number of amides is 2. The fourth-order valence-electron chi connectivity index (χ4n) is 5.67. The molecule has 2 aromatic carbocycles. The zero-order valence-corrected chi connectivity index (χ0v) is 20.5. The van der Waals surface area contributed by atoms with Crippen LogP contribution < -0.4 is 15.0 Å². The van der Waals surface area contributed by atoms with Crippen molar-refractivity contribution in [3.05, 3.63) is 59.3 Å². The highest BCUT2D eigenvalue weighted by Gasteiger charge is 2.49. The summed E-state index contributed by atoms with van der Waals surface area (Å²) in [5, 5.41) is 4.26. The molecule has 3 aromatic rings. The van der Waals surface area contributed by atoms with Crippen molar-refractivity contribution in [2.45, 2.75) is 71.0 Å². The largest absolute Gasteiger partial charge is 0.497 e. The predicted molar refractivity (Wildman–Crippen MR) is 135 cm³/mol. The van der Waals surface area contributed by atoms with E-state index in [0.29, 0.717) is 12.2 Å². The molecule has 0 radical (unpaired) electrons. The number of hydrogen-bond acceptors (Lipinski definition) is 3. The van der Waals surface area contributed by atoms with Crippen molar-refractivity contribution in [3.8, 4) is 5.75 Å². The normalized spacial score (nSPS) is 20.9. The molecular weight excluding hydrogens is 426 g/mol. The highest BCUT2D eigenvalue weighted by molar-refractivity contribution is 6.14. The van der Waals surface area contributed by atoms with Crippen molar-refractivity contribution < 1.29 is 14.3 Å². The molecule has 2 heterocycles. The molecule has 1 saturated carbocycles. The molecule has 1 atom stereocenters. The molecule has 0 bridgehead atoms. The number of nitrogens with one attached hydrogen (secondary N) is 1. The number of ether oxygens (including phenoxy) is 1. The van der Waals surface area contributed by atoms with Crippen LogP contribution in [0.15, 0.2) is 42.5 Å². The van der Waals surface area contributed by atoms with Crippen LogP contribution in [0.2, 0.25) is 0 Å². The Bertz CT molecular complexity index is 1250. The van der Waals surface area contributed by atoms with Crippen molar-refractivity contribution in [2.75, 3.05) is 12.0 Å². The Kier molecular flexibility index (Phi) is 5.62. The van der Waals surface area contributed by atoms with Crippen LogP contribution in [0.3, 0.4) is 0 Å². The molecule has 0 saturated heterocycles. The minimum absolute atomic E-state index is 0.0951. The minimum Gasteiger partial charge on any atom is -0.497 e. The Labute approximate surface area is 200 Å². The van der Waals surface area contributed by atoms with Gasteiger partial charge in [0.25, 0.3) is 5.91 Å². The monoisotopic (exact) mass is 459 g/mol. The second-order valence-electron chi connectivity index (χ2n) is 10.1. The first-order valence-electron chi connectivity index (χ1n) is 12.2. The van der Waals surface area contributed by atoms with Crippen molar-refractivity contribution in [1.29, 1.82) is 0 Å². The maximum Gasteiger partial charge on any atom is 0.275 e. The fraction of sp³-hybridized carbons (Fsp3) is 0.429. The van der Waals surface area contributed by atoms with E-state index in [4.69, 9.17) is 4.74 Å². The first-order chi connectivity index (χ1) is 16.3. The number of aryl methyl sites for hydroxylation is 2. The Balaban J connectivity index is 1.64. The molecule has 1 aliphatic carbocycles. The average molecular weight is 460 g/mol. The second kappa shape index (κ2) is 8.49. The molecule has 178 valence electrons. The van der Waals surface area contributed by atoms with Gasteiger partial charge in [0.2, 0.25) is 5.91 Å². The van der Waals surface area contributed by atoms with Gasteiger partial charge >= 0.3 is 0 Å². The zero-order valence-electron chi connectivity index (χ0n) is 20.5. The number of fused-ring (bicyclic) bond motifs is 3. The van der Waals surface area contributed by atoms with Gasteiger partial charge in [-0.3, -0.25) is 14.5 Å². The lowest BCUT2D eigenvalue weighted by Crippen LogP contribution is -2.65. The lowest BCUT2D eigenvalue weighted by molar-refractivity contribution is -0.127. The molecule has 1 N–H and O–H groups in total. The van der Waals surface area contributed by atoms with Crippen molar-refractivity contribution in [3.63, 3.8) is 0 Å². The molecule has 5 rings (SSSR count). The van der Waals surface area contributed by atoms with E-state index in [1.54, 1.807) is 12.0 Å². The standard InChI is InChI=1S/C28H33N3O3/c1-18-12-19(2)14-22(13-18)31-26(32)25-15-20-10-11-23(34-4)16-24(20)30(25)17-28(31,3)27(33)29-21-8-6-5-7-9-21/h10-16,21H,5-9,17H2,1-4H3,(H,29,33). The SMILES string of the molecule is COc1ccc2cc3n(c2c1)CC(C)(C(=O)NC1CCCCC1)N(c1cc(C)cc(C)c1)C3=O. The van der Waals surface area contributed by atoms with E-state index in [-0.39, 0.29) is 17.9 Å². The summed E-state index contributed by atoms with van der Waals surface area (Å²) < 4.78 is 7.42. The number of rotatable bonds is 4. The highest BCUT2D eigenvalue weighted by atomic mass is 16.5. The Morgan fingerprint density at radius 2 is 1.74 bits per heavy atom. The molecule has 1 aliphatic heterocycles. The molecular formula is C28H33N3O3. The maximum atomic E-state index is 14.1. The van der Waals surface area contributed by atoms with E-state index in [2.05, 4.69) is 11.4 Å². The number of nitrogens with zero attached hydrogens (tertiary/aromatic N) is 2. The number of anilines is 1. The van der Waals surface area contributed by atoms with Gasteiger partial charge in [-0.05, 0) is 75.1 Å². The molecule has 2 amide bonds. The van der Waals surface area contributed by atoms with E-state index in [1.165, 1.54) is 6.42 Å². The van der Waals surface area contributed by atoms with Gasteiger partial charge in [-0.15, -0.1) is 0 Å². The molecule has 2 aliphatic rings. The fourth-order valence-corrected chi connectivity index (χ4v) is 5.67. The van der Waals surface area contributed by atoms with Crippen molar-refractivity contribution >= 4 is 28.4 Å². The topological polar surface area (TPSA) is 63.6 Å². The molecule has 0 spiro atoms. The minimum atomic E-state index is -1.07. The van der Waals surface area contributed by atoms with Crippen LogP contribution in [0.1, 0.15) is 60.6 Å². The lowest BCUT2D eigenvalue weighted by atomic mass is 9.90. The summed E-state index contributed by atoms with van der Waals surface area (Å²) in [4.78, 5) is 29.7. The van der Waals surface area contributed by atoms with Gasteiger partial charge in [-0.1, -0.05) is 25.3 Å². The third-order valence-electron chi connectivity index (χ3n) is 7.39. The van der Waals surface area contributed by atoms with Crippen LogP contribution in [0.5, 0.6) is 5.75 Å². The van der Waals surface area contributed by atoms with Gasteiger partial charge < -0.3 is 14.6 Å². The zero-order chi connectivity index (χ0) is 24.0. The van der Waals surface area contributed by atoms with Gasteiger partial charge in [0.05, 0.1) is 19.2 Å². The number of aromatic nitrogens is 1. The van der Waals surface area contributed by atoms with Gasteiger partial charge in [-0.25, -0.2) is 0 Å². The molecule has 34 heavy (non-hydrogen) atoms. The van der Waals surface area contributed by atoms with E-state index in [0.717, 1.165) is 59.2 Å². The first-order valence-corrected chi connectivity index (χ1v) is 12.2. The third-order valence-corrected chi connectivity index (χ3v) is 7.39. The number of methoxy groups -OCH3 is 1. The smallest absolute Gasteiger partial charge is 0.275 e. The van der Waals surface area contributed by atoms with Gasteiger partial charge in [0, 0.05) is 23.2 Å². The maximum absolute atomic E-state index is 14.1. The summed E-state index contributed by atoms with van der Waals surface area (Å²) in [6, 6.07) is 14.0. The number of benzene rings is 2. The Morgan fingerprint density at radius 1 is 1.03 bits per heavy atom. The quantitative estimate of drug-likeness (QED) is 0.588. The molecule has 6 heteroatoms. The lowest BCUT2D eigenvalue weighted by Gasteiger charge is -2.45. The van der Waals surface area contributed by atoms with E-state index in [9.17, 15) is 9.59 Å². The van der Waals surface area contributed by atoms with E-state index < -0.39 is 5.54 Å². The summed E-state index contributed by atoms with van der Waals surface area (Å²) in [6.07, 6.45) is 5.47. The summed E-state index contributed by atoms with van der Waals surface area (Å²) in [6.45, 7) is 6.31. The van der Waals surface area contributed by atoms with Gasteiger partial charge in [-0.2, -0.15) is 0 Å². The van der Waals surface area contributed by atoms with Crippen LogP contribution in [0.25, 0.3) is 10.9 Å². The van der Waals surface area contributed by atoms with Crippen LogP contribution in [-0.4, -0.2) is 35.1 Å². The molecule has 1 fully saturated rings. The van der Waals surface area contributed by atoms with Crippen LogP contribution >= 0.6 is 0 Å². The highest BCUT2D eigenvalue weighted by Crippen LogP contribution is 2.37. The van der Waals surface area contributed by atoms with Crippen molar-refractivity contribution in [1.82, 2.24) is 9.88 Å². The first kappa shape index (κ1) is 22.5. The second-order valence-corrected chi connectivity index (χ2v) is 10.1. The Morgan fingerprint density at radius 3 is 2.41 bits per heavy atom. The molecule has 1 unspecified atom stereocenters. The average Bonchev–Trinajstić information content (AvgIpc) is 3.17. The van der Waals surface area contributed by atoms with E-state index in [1.807, 2.05) is 61.7 Å². The van der Waals surface area contributed by atoms with E-state index >= 15 is 0 Å². The molecule has 1 aromatic heterocycles. The van der Waals surface area contributed by atoms with Crippen LogP contribution in [0, 0.1) is 13.8 Å². The number of hydrogen-bond donors (Lipinski definition) is 1. The number of carbonyl (C=O) groups is 2. The van der Waals surface area contributed by atoms with Gasteiger partial charge in [0.15, 0.2) is 0 Å². The summed E-state index contributed by atoms with van der Waals surface area (Å²) in [7, 11) is 1.63. The Hall–Kier alpha value is -3.28. The summed E-state index contributed by atoms with van der Waals surface area (Å²) in [5.74, 6) is 0.473. The number of carbonyl (C=O) groups excluding carboxylic acids is 2. The predicted octanol–water partition coefficient (Wildman–Crippen LogP) is 5.13. The third kappa shape index (κ3) is 3.75. The molecule has 6 nitrogen and oxygen atoms in total.